The first-order valence-electron chi connectivity index (χ1n) is 12.9. The van der Waals surface area contributed by atoms with Crippen LogP contribution < -0.4 is 15.5 Å². The summed E-state index contributed by atoms with van der Waals surface area (Å²) in [5.74, 6) is -0.761. The van der Waals surface area contributed by atoms with Crippen molar-refractivity contribution in [1.29, 1.82) is 0 Å². The maximum atomic E-state index is 13.3. The number of benzene rings is 2. The molecule has 206 valence electrons. The average molecular weight is 546 g/mol. The van der Waals surface area contributed by atoms with Gasteiger partial charge in [0, 0.05) is 50.9 Å². The van der Waals surface area contributed by atoms with E-state index in [1.54, 1.807) is 23.1 Å². The van der Waals surface area contributed by atoms with E-state index >= 15 is 0 Å². The minimum atomic E-state index is -0.376. The maximum Gasteiger partial charge on any atom is 0.317 e. The van der Waals surface area contributed by atoms with Crippen molar-refractivity contribution in [2.45, 2.75) is 46.7 Å². The van der Waals surface area contributed by atoms with Crippen molar-refractivity contribution < 1.29 is 18.8 Å². The monoisotopic (exact) mass is 545 g/mol. The van der Waals surface area contributed by atoms with Crippen LogP contribution in [0.3, 0.4) is 0 Å². The molecule has 2 aromatic carbocycles. The fourth-order valence-corrected chi connectivity index (χ4v) is 4.36. The molecule has 8 nitrogen and oxygen atoms in total. The summed E-state index contributed by atoms with van der Waals surface area (Å²) in [6, 6.07) is 11.3. The Hall–Kier alpha value is -3.33. The highest BCUT2D eigenvalue weighted by Gasteiger charge is 2.23. The molecule has 1 fully saturated rings. The number of urea groups is 1. The van der Waals surface area contributed by atoms with Crippen LogP contribution in [0.4, 0.5) is 20.6 Å². The molecule has 0 aliphatic carbocycles. The first kappa shape index (κ1) is 29.2. The number of nitrogens with zero attached hydrogens (tertiary/aromatic N) is 3. The number of carbonyl (C=O) groups excluding carboxylic acids is 3. The van der Waals surface area contributed by atoms with Crippen molar-refractivity contribution >= 4 is 40.8 Å². The Bertz CT molecular complexity index is 1120. The van der Waals surface area contributed by atoms with Crippen LogP contribution >= 0.6 is 11.6 Å². The Morgan fingerprint density at radius 1 is 1.00 bits per heavy atom. The lowest BCUT2D eigenvalue weighted by Crippen LogP contribution is -2.52. The second kappa shape index (κ2) is 13.5. The van der Waals surface area contributed by atoms with E-state index in [4.69, 9.17) is 11.6 Å². The van der Waals surface area contributed by atoms with E-state index in [-0.39, 0.29) is 48.7 Å². The van der Waals surface area contributed by atoms with Gasteiger partial charge in [-0.15, -0.1) is 0 Å². The lowest BCUT2D eigenvalue weighted by molar-refractivity contribution is -0.136. The summed E-state index contributed by atoms with van der Waals surface area (Å²) >= 11 is 6.39. The van der Waals surface area contributed by atoms with Gasteiger partial charge < -0.3 is 25.3 Å². The summed E-state index contributed by atoms with van der Waals surface area (Å²) in [5, 5.41) is 6.15. The maximum absolute atomic E-state index is 13.3. The number of hydrogen-bond donors (Lipinski definition) is 2. The van der Waals surface area contributed by atoms with Crippen molar-refractivity contribution in [3.8, 4) is 0 Å². The molecular formula is C28H37ClFN5O3. The van der Waals surface area contributed by atoms with Crippen LogP contribution in [-0.2, 0) is 16.1 Å². The van der Waals surface area contributed by atoms with Crippen molar-refractivity contribution in [2.75, 3.05) is 42.9 Å². The van der Waals surface area contributed by atoms with Gasteiger partial charge in [-0.1, -0.05) is 37.6 Å². The van der Waals surface area contributed by atoms with E-state index < -0.39 is 0 Å². The second-order valence-electron chi connectivity index (χ2n) is 10.3. The Kier molecular flexibility index (Phi) is 10.4. The number of piperazine rings is 1. The van der Waals surface area contributed by atoms with Crippen LogP contribution in [0, 0.1) is 11.7 Å². The molecule has 1 aliphatic rings. The average Bonchev–Trinajstić information content (AvgIpc) is 2.85. The predicted molar refractivity (Wildman–Crippen MR) is 149 cm³/mol. The Labute approximate surface area is 229 Å². The van der Waals surface area contributed by atoms with E-state index in [2.05, 4.69) is 15.5 Å². The van der Waals surface area contributed by atoms with Gasteiger partial charge in [0.2, 0.25) is 11.8 Å². The molecule has 0 unspecified atom stereocenters. The zero-order valence-corrected chi connectivity index (χ0v) is 23.2. The van der Waals surface area contributed by atoms with Crippen LogP contribution in [0.1, 0.15) is 39.7 Å². The zero-order valence-electron chi connectivity index (χ0n) is 22.5. The van der Waals surface area contributed by atoms with Gasteiger partial charge in [-0.2, -0.15) is 0 Å². The number of halogens is 2. The number of carbonyl (C=O) groups is 3. The van der Waals surface area contributed by atoms with Gasteiger partial charge in [0.05, 0.1) is 10.7 Å². The molecule has 2 aromatic rings. The molecule has 0 radical (unpaired) electrons. The highest BCUT2D eigenvalue weighted by Crippen LogP contribution is 2.28. The van der Waals surface area contributed by atoms with E-state index in [0.717, 1.165) is 11.3 Å². The van der Waals surface area contributed by atoms with Gasteiger partial charge in [0.1, 0.15) is 12.4 Å². The number of hydrogen-bond acceptors (Lipinski definition) is 4. The highest BCUT2D eigenvalue weighted by atomic mass is 35.5. The molecule has 0 saturated carbocycles. The lowest BCUT2D eigenvalue weighted by atomic mass is 10.1. The van der Waals surface area contributed by atoms with Gasteiger partial charge >= 0.3 is 6.03 Å². The third-order valence-corrected chi connectivity index (χ3v) is 6.45. The molecule has 0 bridgehead atoms. The normalized spacial score (nSPS) is 13.6. The minimum Gasteiger partial charge on any atom is -0.368 e. The van der Waals surface area contributed by atoms with E-state index in [9.17, 15) is 18.8 Å². The van der Waals surface area contributed by atoms with Gasteiger partial charge in [0.15, 0.2) is 0 Å². The fraction of sp³-hybridized carbons (Fsp3) is 0.464. The standard InChI is InChI=1S/C28H37ClFN5O3/c1-19(2)15-27(37)35(17-21-5-7-22(30)8-6-21)18-26(36)32-25-16-23(9-10-24(25)29)33-11-13-34(14-12-33)28(38)31-20(3)4/h5-10,16,19-20H,11-15,17-18H2,1-4H3,(H,31,38)(H,32,36). The summed E-state index contributed by atoms with van der Waals surface area (Å²) in [5.41, 5.74) is 2.07. The van der Waals surface area contributed by atoms with E-state index in [1.165, 1.54) is 17.0 Å². The SMILES string of the molecule is CC(C)CC(=O)N(CC(=O)Nc1cc(N2CCN(C(=O)NC(C)C)CC2)ccc1Cl)Cc1ccc(F)cc1. The molecule has 0 atom stereocenters. The molecule has 38 heavy (non-hydrogen) atoms. The minimum absolute atomic E-state index is 0.0686. The first-order valence-corrected chi connectivity index (χ1v) is 13.3. The summed E-state index contributed by atoms with van der Waals surface area (Å²) < 4.78 is 13.3. The Morgan fingerprint density at radius 3 is 2.26 bits per heavy atom. The van der Waals surface area contributed by atoms with Gasteiger partial charge in [-0.25, -0.2) is 9.18 Å². The molecule has 1 saturated heterocycles. The molecule has 10 heteroatoms. The molecule has 1 aliphatic heterocycles. The van der Waals surface area contributed by atoms with Gasteiger partial charge in [-0.3, -0.25) is 9.59 Å². The predicted octanol–water partition coefficient (Wildman–Crippen LogP) is 4.73. The number of rotatable bonds is 9. The Morgan fingerprint density at radius 2 is 1.66 bits per heavy atom. The van der Waals surface area contributed by atoms with Crippen molar-refractivity contribution in [2.24, 2.45) is 5.92 Å². The van der Waals surface area contributed by atoms with Gasteiger partial charge in [-0.05, 0) is 55.7 Å². The zero-order chi connectivity index (χ0) is 27.8. The quantitative estimate of drug-likeness (QED) is 0.477. The van der Waals surface area contributed by atoms with E-state index in [0.29, 0.717) is 43.3 Å². The molecule has 0 spiro atoms. The van der Waals surface area contributed by atoms with Crippen LogP contribution in [-0.4, -0.2) is 66.4 Å². The summed E-state index contributed by atoms with van der Waals surface area (Å²) in [6.45, 7) is 10.2. The van der Waals surface area contributed by atoms with E-state index in [1.807, 2.05) is 39.8 Å². The van der Waals surface area contributed by atoms with Gasteiger partial charge in [0.25, 0.3) is 0 Å². The highest BCUT2D eigenvalue weighted by molar-refractivity contribution is 6.33. The summed E-state index contributed by atoms with van der Waals surface area (Å²) in [7, 11) is 0. The Balaban J connectivity index is 1.65. The van der Waals surface area contributed by atoms with Crippen molar-refractivity contribution in [3.05, 3.63) is 58.9 Å². The molecule has 1 heterocycles. The van der Waals surface area contributed by atoms with Crippen LogP contribution in [0.5, 0.6) is 0 Å². The smallest absolute Gasteiger partial charge is 0.317 e. The lowest BCUT2D eigenvalue weighted by Gasteiger charge is -2.36. The molecular weight excluding hydrogens is 509 g/mol. The van der Waals surface area contributed by atoms with Crippen LogP contribution in [0.2, 0.25) is 5.02 Å². The largest absolute Gasteiger partial charge is 0.368 e. The van der Waals surface area contributed by atoms with Crippen molar-refractivity contribution in [3.63, 3.8) is 0 Å². The molecule has 0 aromatic heterocycles. The summed E-state index contributed by atoms with van der Waals surface area (Å²) in [6.07, 6.45) is 0.298. The first-order chi connectivity index (χ1) is 18.0. The molecule has 3 rings (SSSR count). The summed E-state index contributed by atoms with van der Waals surface area (Å²) in [4.78, 5) is 43.6. The molecule has 4 amide bonds. The van der Waals surface area contributed by atoms with Crippen LogP contribution in [0.25, 0.3) is 0 Å². The third kappa shape index (κ3) is 8.62. The number of nitrogens with one attached hydrogen (secondary N) is 2. The number of anilines is 2. The fourth-order valence-electron chi connectivity index (χ4n) is 4.20. The second-order valence-corrected chi connectivity index (χ2v) is 10.7. The molecule has 2 N–H and O–H groups in total. The topological polar surface area (TPSA) is 85.0 Å². The van der Waals surface area contributed by atoms with Crippen LogP contribution in [0.15, 0.2) is 42.5 Å². The number of amides is 4. The third-order valence-electron chi connectivity index (χ3n) is 6.12. The van der Waals surface area contributed by atoms with Crippen molar-refractivity contribution in [1.82, 2.24) is 15.1 Å².